The number of imidazole rings is 1. The summed E-state index contributed by atoms with van der Waals surface area (Å²) in [7, 11) is 0. The molecule has 3 aromatic rings. The molecule has 1 N–H and O–H groups in total. The molecule has 1 fully saturated rings. The van der Waals surface area contributed by atoms with Gasteiger partial charge in [-0.1, -0.05) is 12.8 Å². The Labute approximate surface area is 138 Å². The van der Waals surface area contributed by atoms with Gasteiger partial charge in [0.1, 0.15) is 17.8 Å². The van der Waals surface area contributed by atoms with Crippen LogP contribution >= 0.6 is 0 Å². The van der Waals surface area contributed by atoms with E-state index in [0.29, 0.717) is 11.5 Å². The standard InChI is InChI=1S/C16H19N7O/c24-16-13(22-8-5-17-12-22)10-20-23(16)15-9-14(18-11-19-15)21-6-3-1-2-4-7-21/h5,8-12,20H,1-4,6-7H2. The zero-order valence-corrected chi connectivity index (χ0v) is 13.3. The van der Waals surface area contributed by atoms with Crippen LogP contribution in [0, 0.1) is 0 Å². The first-order valence-corrected chi connectivity index (χ1v) is 8.19. The summed E-state index contributed by atoms with van der Waals surface area (Å²) in [4.78, 5) is 27.5. The third kappa shape index (κ3) is 2.70. The molecule has 1 aliphatic heterocycles. The Morgan fingerprint density at radius 1 is 1.04 bits per heavy atom. The zero-order chi connectivity index (χ0) is 16.4. The number of hydrogen-bond acceptors (Lipinski definition) is 5. The number of H-pyrrole nitrogens is 1. The lowest BCUT2D eigenvalue weighted by Gasteiger charge is -2.21. The molecule has 0 aromatic carbocycles. The lowest BCUT2D eigenvalue weighted by molar-refractivity contribution is 0.726. The lowest BCUT2D eigenvalue weighted by atomic mass is 10.2. The van der Waals surface area contributed by atoms with Gasteiger partial charge >= 0.3 is 0 Å². The smallest absolute Gasteiger partial charge is 0.296 e. The van der Waals surface area contributed by atoms with Crippen LogP contribution in [0.4, 0.5) is 5.82 Å². The molecule has 3 aromatic heterocycles. The van der Waals surface area contributed by atoms with Crippen molar-refractivity contribution in [1.82, 2.24) is 29.3 Å². The Hall–Kier alpha value is -2.90. The fraction of sp³-hybridized carbons (Fsp3) is 0.375. The molecule has 0 spiro atoms. The van der Waals surface area contributed by atoms with Crippen molar-refractivity contribution in [3.05, 3.63) is 47.7 Å². The molecule has 8 heteroatoms. The third-order valence-corrected chi connectivity index (χ3v) is 4.33. The van der Waals surface area contributed by atoms with Crippen molar-refractivity contribution in [2.45, 2.75) is 25.7 Å². The summed E-state index contributed by atoms with van der Waals surface area (Å²) in [6, 6.07) is 1.86. The molecule has 0 aliphatic carbocycles. The largest absolute Gasteiger partial charge is 0.356 e. The molecule has 0 unspecified atom stereocenters. The molecule has 124 valence electrons. The number of nitrogens with zero attached hydrogens (tertiary/aromatic N) is 6. The Morgan fingerprint density at radius 3 is 2.58 bits per heavy atom. The van der Waals surface area contributed by atoms with Gasteiger partial charge in [-0.05, 0) is 12.8 Å². The van der Waals surface area contributed by atoms with Crippen molar-refractivity contribution in [2.75, 3.05) is 18.0 Å². The number of hydrogen-bond donors (Lipinski definition) is 1. The van der Waals surface area contributed by atoms with Crippen molar-refractivity contribution in [3.63, 3.8) is 0 Å². The summed E-state index contributed by atoms with van der Waals surface area (Å²) in [6.07, 6.45) is 13.0. The Bertz CT molecular complexity index is 857. The van der Waals surface area contributed by atoms with E-state index in [4.69, 9.17) is 0 Å². The lowest BCUT2D eigenvalue weighted by Crippen LogP contribution is -2.26. The highest BCUT2D eigenvalue weighted by Crippen LogP contribution is 2.18. The van der Waals surface area contributed by atoms with Crippen molar-refractivity contribution < 1.29 is 0 Å². The molecule has 0 radical (unpaired) electrons. The summed E-state index contributed by atoms with van der Waals surface area (Å²) >= 11 is 0. The first kappa shape index (κ1) is 14.7. The Kier molecular flexibility index (Phi) is 3.86. The summed E-state index contributed by atoms with van der Waals surface area (Å²) < 4.78 is 3.10. The molecule has 24 heavy (non-hydrogen) atoms. The van der Waals surface area contributed by atoms with Gasteiger partial charge in [0, 0.05) is 37.7 Å². The van der Waals surface area contributed by atoms with Crippen LogP contribution in [0.1, 0.15) is 25.7 Å². The van der Waals surface area contributed by atoms with Gasteiger partial charge in [0.2, 0.25) is 0 Å². The van der Waals surface area contributed by atoms with Gasteiger partial charge < -0.3 is 4.90 Å². The molecule has 8 nitrogen and oxygen atoms in total. The second kappa shape index (κ2) is 6.31. The van der Waals surface area contributed by atoms with E-state index in [1.165, 1.54) is 36.7 Å². The summed E-state index contributed by atoms with van der Waals surface area (Å²) in [5.41, 5.74) is 0.330. The molecule has 0 amide bonds. The number of aromatic amines is 1. The summed E-state index contributed by atoms with van der Waals surface area (Å²) in [5, 5.41) is 2.97. The topological polar surface area (TPSA) is 84.6 Å². The Balaban J connectivity index is 1.68. The minimum absolute atomic E-state index is 0.173. The first-order chi connectivity index (χ1) is 11.8. The first-order valence-electron chi connectivity index (χ1n) is 8.19. The quantitative estimate of drug-likeness (QED) is 0.789. The monoisotopic (exact) mass is 325 g/mol. The Morgan fingerprint density at radius 2 is 1.83 bits per heavy atom. The number of anilines is 1. The summed E-state index contributed by atoms with van der Waals surface area (Å²) in [5.74, 6) is 1.41. The fourth-order valence-electron chi connectivity index (χ4n) is 3.05. The van der Waals surface area contributed by atoms with Gasteiger partial charge in [-0.2, -0.15) is 4.68 Å². The molecular formula is C16H19N7O. The SMILES string of the molecule is O=c1c(-n2ccnc2)c[nH]n1-c1cc(N2CCCCCC2)ncn1. The maximum Gasteiger partial charge on any atom is 0.296 e. The molecule has 0 atom stereocenters. The van der Waals surface area contributed by atoms with Crippen molar-refractivity contribution in [3.8, 4) is 11.5 Å². The molecule has 4 rings (SSSR count). The second-order valence-corrected chi connectivity index (χ2v) is 5.90. The summed E-state index contributed by atoms with van der Waals surface area (Å²) in [6.45, 7) is 1.99. The van der Waals surface area contributed by atoms with Crippen LogP contribution in [0.2, 0.25) is 0 Å². The van der Waals surface area contributed by atoms with E-state index >= 15 is 0 Å². The van der Waals surface area contributed by atoms with Gasteiger partial charge in [0.05, 0.1) is 6.33 Å². The van der Waals surface area contributed by atoms with E-state index in [1.54, 1.807) is 29.5 Å². The average molecular weight is 325 g/mol. The van der Waals surface area contributed by atoms with Gasteiger partial charge in [-0.15, -0.1) is 0 Å². The molecule has 0 bridgehead atoms. The minimum Gasteiger partial charge on any atom is -0.356 e. The highest BCUT2D eigenvalue weighted by molar-refractivity contribution is 5.44. The van der Waals surface area contributed by atoms with Gasteiger partial charge in [-0.25, -0.2) is 15.0 Å². The highest BCUT2D eigenvalue weighted by atomic mass is 16.1. The van der Waals surface area contributed by atoms with Crippen LogP contribution in [-0.2, 0) is 0 Å². The van der Waals surface area contributed by atoms with Crippen molar-refractivity contribution in [1.29, 1.82) is 0 Å². The van der Waals surface area contributed by atoms with Gasteiger partial charge in [0.15, 0.2) is 5.82 Å². The van der Waals surface area contributed by atoms with Gasteiger partial charge in [-0.3, -0.25) is 14.5 Å². The fourth-order valence-corrected chi connectivity index (χ4v) is 3.05. The van der Waals surface area contributed by atoms with Crippen LogP contribution in [0.25, 0.3) is 11.5 Å². The molecule has 1 aliphatic rings. The van der Waals surface area contributed by atoms with Crippen LogP contribution in [-0.4, -0.2) is 42.4 Å². The average Bonchev–Trinajstić information content (AvgIpc) is 3.17. The van der Waals surface area contributed by atoms with E-state index in [2.05, 4.69) is 25.0 Å². The van der Waals surface area contributed by atoms with E-state index in [1.807, 2.05) is 6.07 Å². The predicted molar refractivity (Wildman–Crippen MR) is 89.8 cm³/mol. The molecule has 4 heterocycles. The molecular weight excluding hydrogens is 306 g/mol. The van der Waals surface area contributed by atoms with Crippen molar-refractivity contribution in [2.24, 2.45) is 0 Å². The second-order valence-electron chi connectivity index (χ2n) is 5.90. The van der Waals surface area contributed by atoms with Crippen LogP contribution < -0.4 is 10.5 Å². The van der Waals surface area contributed by atoms with E-state index in [9.17, 15) is 4.79 Å². The van der Waals surface area contributed by atoms with Gasteiger partial charge in [0.25, 0.3) is 5.56 Å². The third-order valence-electron chi connectivity index (χ3n) is 4.33. The van der Waals surface area contributed by atoms with Crippen LogP contribution in [0.5, 0.6) is 0 Å². The van der Waals surface area contributed by atoms with Crippen LogP contribution in [0.15, 0.2) is 42.1 Å². The normalized spacial score (nSPS) is 15.4. The molecule has 1 saturated heterocycles. The van der Waals surface area contributed by atoms with E-state index in [0.717, 1.165) is 18.9 Å². The molecule has 0 saturated carbocycles. The number of aromatic nitrogens is 6. The zero-order valence-electron chi connectivity index (χ0n) is 13.3. The predicted octanol–water partition coefficient (Wildman–Crippen LogP) is 1.52. The van der Waals surface area contributed by atoms with Crippen LogP contribution in [0.3, 0.4) is 0 Å². The van der Waals surface area contributed by atoms with E-state index in [-0.39, 0.29) is 5.56 Å². The maximum absolute atomic E-state index is 12.6. The maximum atomic E-state index is 12.6. The number of nitrogens with one attached hydrogen (secondary N) is 1. The van der Waals surface area contributed by atoms with Crippen molar-refractivity contribution >= 4 is 5.82 Å². The minimum atomic E-state index is -0.173. The number of rotatable bonds is 3. The highest BCUT2D eigenvalue weighted by Gasteiger charge is 2.14. The van der Waals surface area contributed by atoms with E-state index < -0.39 is 0 Å².